The Hall–Kier alpha value is -1.40. The molecule has 0 fully saturated rings. The van der Waals surface area contributed by atoms with E-state index in [1.807, 2.05) is 13.2 Å². The van der Waals surface area contributed by atoms with Crippen molar-refractivity contribution in [3.63, 3.8) is 0 Å². The SMILES string of the molecule is CC(C)OCCN1Cc2cc3c(C(N)CO)cn(C)c3cc2C1. The molecule has 2 heterocycles. The van der Waals surface area contributed by atoms with Crippen molar-refractivity contribution in [2.24, 2.45) is 12.8 Å². The number of hydrogen-bond donors (Lipinski definition) is 2. The van der Waals surface area contributed by atoms with Crippen LogP contribution in [0, 0.1) is 0 Å². The van der Waals surface area contributed by atoms with E-state index < -0.39 is 0 Å². The van der Waals surface area contributed by atoms with Crippen molar-refractivity contribution in [3.05, 3.63) is 35.0 Å². The molecule has 0 spiro atoms. The Morgan fingerprint density at radius 1 is 1.26 bits per heavy atom. The van der Waals surface area contributed by atoms with Gasteiger partial charge in [-0.2, -0.15) is 0 Å². The fourth-order valence-electron chi connectivity index (χ4n) is 3.35. The van der Waals surface area contributed by atoms with Crippen molar-refractivity contribution in [2.45, 2.75) is 39.1 Å². The predicted octanol–water partition coefficient (Wildman–Crippen LogP) is 1.91. The highest BCUT2D eigenvalue weighted by atomic mass is 16.5. The number of hydrogen-bond acceptors (Lipinski definition) is 4. The zero-order valence-corrected chi connectivity index (χ0v) is 14.2. The molecular weight excluding hydrogens is 290 g/mol. The van der Waals surface area contributed by atoms with Crippen LogP contribution in [0.3, 0.4) is 0 Å². The van der Waals surface area contributed by atoms with Gasteiger partial charge < -0.3 is 20.1 Å². The molecule has 0 bridgehead atoms. The molecule has 0 amide bonds. The Kier molecular flexibility index (Phi) is 4.73. The zero-order valence-electron chi connectivity index (χ0n) is 14.2. The molecule has 1 aromatic carbocycles. The molecule has 23 heavy (non-hydrogen) atoms. The number of benzene rings is 1. The van der Waals surface area contributed by atoms with Gasteiger partial charge in [0, 0.05) is 43.8 Å². The maximum absolute atomic E-state index is 9.38. The van der Waals surface area contributed by atoms with Gasteiger partial charge >= 0.3 is 0 Å². The van der Waals surface area contributed by atoms with Gasteiger partial charge in [0.25, 0.3) is 0 Å². The van der Waals surface area contributed by atoms with Crippen molar-refractivity contribution < 1.29 is 9.84 Å². The van der Waals surface area contributed by atoms with Gasteiger partial charge in [0.05, 0.1) is 25.4 Å². The summed E-state index contributed by atoms with van der Waals surface area (Å²) in [5.74, 6) is 0. The van der Waals surface area contributed by atoms with Gasteiger partial charge in [-0.1, -0.05) is 0 Å². The Bertz CT molecular complexity index is 693. The molecule has 126 valence electrons. The van der Waals surface area contributed by atoms with Crippen LogP contribution in [0.4, 0.5) is 0 Å². The molecule has 0 saturated carbocycles. The monoisotopic (exact) mass is 317 g/mol. The second-order valence-electron chi connectivity index (χ2n) is 6.75. The van der Waals surface area contributed by atoms with Crippen molar-refractivity contribution in [1.82, 2.24) is 9.47 Å². The first kappa shape index (κ1) is 16.5. The van der Waals surface area contributed by atoms with Crippen LogP contribution in [0.15, 0.2) is 18.3 Å². The van der Waals surface area contributed by atoms with E-state index >= 15 is 0 Å². The van der Waals surface area contributed by atoms with E-state index in [1.54, 1.807) is 0 Å². The highest BCUT2D eigenvalue weighted by molar-refractivity contribution is 5.86. The van der Waals surface area contributed by atoms with Crippen LogP contribution in [0.5, 0.6) is 0 Å². The summed E-state index contributed by atoms with van der Waals surface area (Å²) in [6.45, 7) is 7.75. The number of aliphatic hydroxyl groups excluding tert-OH is 1. The molecule has 3 rings (SSSR count). The van der Waals surface area contributed by atoms with Crippen LogP contribution in [0.2, 0.25) is 0 Å². The molecule has 5 heteroatoms. The van der Waals surface area contributed by atoms with Crippen molar-refractivity contribution in [3.8, 4) is 0 Å². The molecule has 0 aliphatic carbocycles. The fraction of sp³-hybridized carbons (Fsp3) is 0.556. The molecule has 1 atom stereocenters. The van der Waals surface area contributed by atoms with Gasteiger partial charge in [0.2, 0.25) is 0 Å². The van der Waals surface area contributed by atoms with E-state index in [-0.39, 0.29) is 18.8 Å². The van der Waals surface area contributed by atoms with Crippen LogP contribution in [-0.4, -0.2) is 40.4 Å². The minimum atomic E-state index is -0.325. The number of ether oxygens (including phenoxy) is 1. The molecule has 5 nitrogen and oxygen atoms in total. The lowest BCUT2D eigenvalue weighted by Gasteiger charge is -2.15. The normalized spacial score (nSPS) is 16.4. The Labute approximate surface area is 137 Å². The smallest absolute Gasteiger partial charge is 0.0625 e. The topological polar surface area (TPSA) is 63.6 Å². The zero-order chi connectivity index (χ0) is 16.6. The highest BCUT2D eigenvalue weighted by Gasteiger charge is 2.22. The van der Waals surface area contributed by atoms with Crippen molar-refractivity contribution >= 4 is 10.9 Å². The van der Waals surface area contributed by atoms with Gasteiger partial charge in [0.15, 0.2) is 0 Å². The molecule has 0 saturated heterocycles. The van der Waals surface area contributed by atoms with E-state index in [1.165, 1.54) is 16.6 Å². The number of fused-ring (bicyclic) bond motifs is 2. The van der Waals surface area contributed by atoms with Crippen LogP contribution in [-0.2, 0) is 24.9 Å². The summed E-state index contributed by atoms with van der Waals surface area (Å²) in [7, 11) is 2.03. The van der Waals surface area contributed by atoms with E-state index in [9.17, 15) is 5.11 Å². The molecule has 1 aliphatic rings. The number of rotatable bonds is 6. The maximum Gasteiger partial charge on any atom is 0.0625 e. The average Bonchev–Trinajstić information content (AvgIpc) is 3.05. The summed E-state index contributed by atoms with van der Waals surface area (Å²) >= 11 is 0. The molecular formula is C18H27N3O2. The maximum atomic E-state index is 9.38. The largest absolute Gasteiger partial charge is 0.394 e. The summed E-state index contributed by atoms with van der Waals surface area (Å²) in [5, 5.41) is 10.5. The number of aryl methyl sites for hydroxylation is 1. The Morgan fingerprint density at radius 2 is 1.96 bits per heavy atom. The minimum absolute atomic E-state index is 0.0329. The Morgan fingerprint density at radius 3 is 2.61 bits per heavy atom. The standard InChI is InChI=1S/C18H27N3O2/c1-12(2)23-5-4-21-8-13-6-15-16(17(19)11-22)10-20(3)18(15)7-14(13)9-21/h6-7,10,12,17,22H,4-5,8-9,11,19H2,1-3H3. The fourth-order valence-corrected chi connectivity index (χ4v) is 3.35. The number of nitrogens with zero attached hydrogens (tertiary/aromatic N) is 2. The first-order chi connectivity index (χ1) is 11.0. The lowest BCUT2D eigenvalue weighted by Crippen LogP contribution is -2.23. The van der Waals surface area contributed by atoms with Gasteiger partial charge in [-0.25, -0.2) is 0 Å². The molecule has 1 unspecified atom stereocenters. The average molecular weight is 317 g/mol. The van der Waals surface area contributed by atoms with Gasteiger partial charge in [-0.3, -0.25) is 4.90 Å². The van der Waals surface area contributed by atoms with E-state index in [0.29, 0.717) is 0 Å². The summed E-state index contributed by atoms with van der Waals surface area (Å²) in [6, 6.07) is 4.19. The number of nitrogens with two attached hydrogens (primary N) is 1. The summed E-state index contributed by atoms with van der Waals surface area (Å²) in [4.78, 5) is 2.41. The second kappa shape index (κ2) is 6.61. The van der Waals surface area contributed by atoms with Crippen LogP contribution >= 0.6 is 0 Å². The first-order valence-electron chi connectivity index (χ1n) is 8.30. The molecule has 1 aromatic heterocycles. The predicted molar refractivity (Wildman–Crippen MR) is 92.1 cm³/mol. The third-order valence-corrected chi connectivity index (χ3v) is 4.58. The summed E-state index contributed by atoms with van der Waals surface area (Å²) < 4.78 is 7.76. The van der Waals surface area contributed by atoms with Crippen LogP contribution < -0.4 is 5.73 Å². The van der Waals surface area contributed by atoms with E-state index in [0.717, 1.165) is 37.2 Å². The van der Waals surface area contributed by atoms with E-state index in [2.05, 4.69) is 35.4 Å². The Balaban J connectivity index is 1.82. The summed E-state index contributed by atoms with van der Waals surface area (Å²) in [6.07, 6.45) is 2.32. The number of aromatic nitrogens is 1. The van der Waals surface area contributed by atoms with Gasteiger partial charge in [0.1, 0.15) is 0 Å². The van der Waals surface area contributed by atoms with Crippen molar-refractivity contribution in [1.29, 1.82) is 0 Å². The third kappa shape index (κ3) is 3.28. The summed E-state index contributed by atoms with van der Waals surface area (Å²) in [5.41, 5.74) is 11.0. The molecule has 1 aliphatic heterocycles. The first-order valence-corrected chi connectivity index (χ1v) is 8.30. The minimum Gasteiger partial charge on any atom is -0.394 e. The molecule has 3 N–H and O–H groups in total. The molecule has 2 aromatic rings. The van der Waals surface area contributed by atoms with Gasteiger partial charge in [-0.15, -0.1) is 0 Å². The van der Waals surface area contributed by atoms with Crippen LogP contribution in [0.1, 0.15) is 36.6 Å². The second-order valence-corrected chi connectivity index (χ2v) is 6.75. The lowest BCUT2D eigenvalue weighted by molar-refractivity contribution is 0.0584. The van der Waals surface area contributed by atoms with Crippen molar-refractivity contribution in [2.75, 3.05) is 19.8 Å². The molecule has 0 radical (unpaired) electrons. The number of aliphatic hydroxyl groups is 1. The van der Waals surface area contributed by atoms with Gasteiger partial charge in [-0.05, 0) is 42.7 Å². The quantitative estimate of drug-likeness (QED) is 0.854. The highest BCUT2D eigenvalue weighted by Crippen LogP contribution is 2.32. The lowest BCUT2D eigenvalue weighted by atomic mass is 10.0. The third-order valence-electron chi connectivity index (χ3n) is 4.58. The van der Waals surface area contributed by atoms with E-state index in [4.69, 9.17) is 10.5 Å². The van der Waals surface area contributed by atoms with Crippen LogP contribution in [0.25, 0.3) is 10.9 Å².